The van der Waals surface area contributed by atoms with Crippen LogP contribution in [0.3, 0.4) is 0 Å². The average Bonchev–Trinajstić information content (AvgIpc) is 2.96. The number of carbonyl (C=O) groups is 2. The molecule has 1 heterocycles. The molecule has 0 unspecified atom stereocenters. The minimum Gasteiger partial charge on any atom is -0.491 e. The molecular formula is C20H21FN2O3. The predicted molar refractivity (Wildman–Crippen MR) is 96.8 cm³/mol. The number of amides is 2. The van der Waals surface area contributed by atoms with E-state index >= 15 is 0 Å². The number of rotatable bonds is 5. The van der Waals surface area contributed by atoms with Crippen LogP contribution < -0.4 is 15.0 Å². The highest BCUT2D eigenvalue weighted by molar-refractivity contribution is 5.99. The van der Waals surface area contributed by atoms with Crippen LogP contribution >= 0.6 is 0 Å². The summed E-state index contributed by atoms with van der Waals surface area (Å²) in [5.74, 6) is 0.0210. The van der Waals surface area contributed by atoms with Gasteiger partial charge in [-0.1, -0.05) is 0 Å². The van der Waals surface area contributed by atoms with E-state index in [1.807, 2.05) is 13.8 Å². The zero-order valence-electron chi connectivity index (χ0n) is 14.7. The van der Waals surface area contributed by atoms with Crippen LogP contribution in [-0.4, -0.2) is 30.5 Å². The third kappa shape index (κ3) is 4.20. The van der Waals surface area contributed by atoms with Gasteiger partial charge in [0.1, 0.15) is 11.6 Å². The van der Waals surface area contributed by atoms with Crippen LogP contribution in [0.4, 0.5) is 10.1 Å². The number of anilines is 1. The number of benzene rings is 2. The molecule has 0 bridgehead atoms. The van der Waals surface area contributed by atoms with Gasteiger partial charge in [-0.25, -0.2) is 4.39 Å². The molecule has 0 aliphatic carbocycles. The first-order valence-electron chi connectivity index (χ1n) is 8.56. The van der Waals surface area contributed by atoms with Gasteiger partial charge in [0.15, 0.2) is 0 Å². The Balaban J connectivity index is 1.61. The Labute approximate surface area is 151 Å². The minimum absolute atomic E-state index is 0.0663. The van der Waals surface area contributed by atoms with Gasteiger partial charge in [0.25, 0.3) is 5.91 Å². The number of nitrogens with one attached hydrogen (secondary N) is 1. The van der Waals surface area contributed by atoms with Crippen LogP contribution in [0.15, 0.2) is 48.5 Å². The molecule has 5 nitrogen and oxygen atoms in total. The lowest BCUT2D eigenvalue weighted by Gasteiger charge is -2.17. The molecule has 2 aromatic rings. The summed E-state index contributed by atoms with van der Waals surface area (Å²) in [4.78, 5) is 26.2. The van der Waals surface area contributed by atoms with Crippen molar-refractivity contribution in [2.75, 3.05) is 11.4 Å². The Morgan fingerprint density at radius 1 is 1.15 bits per heavy atom. The van der Waals surface area contributed by atoms with Crippen molar-refractivity contribution in [2.45, 2.75) is 32.4 Å². The van der Waals surface area contributed by atoms with Crippen LogP contribution in [0.5, 0.6) is 5.75 Å². The van der Waals surface area contributed by atoms with Gasteiger partial charge in [-0.3, -0.25) is 9.59 Å². The fourth-order valence-corrected chi connectivity index (χ4v) is 2.90. The first-order valence-corrected chi connectivity index (χ1v) is 8.56. The van der Waals surface area contributed by atoms with E-state index in [9.17, 15) is 14.0 Å². The average molecular weight is 356 g/mol. The third-order valence-electron chi connectivity index (χ3n) is 4.09. The fraction of sp³-hybridized carbons (Fsp3) is 0.300. The molecule has 2 aromatic carbocycles. The molecule has 3 rings (SSSR count). The molecule has 136 valence electrons. The zero-order valence-corrected chi connectivity index (χ0v) is 14.7. The lowest BCUT2D eigenvalue weighted by Crippen LogP contribution is -2.37. The van der Waals surface area contributed by atoms with Gasteiger partial charge in [-0.15, -0.1) is 0 Å². The Morgan fingerprint density at radius 2 is 1.81 bits per heavy atom. The molecule has 1 atom stereocenters. The fourth-order valence-electron chi connectivity index (χ4n) is 2.90. The van der Waals surface area contributed by atoms with Gasteiger partial charge in [0, 0.05) is 24.2 Å². The number of carbonyl (C=O) groups excluding carboxylic acids is 2. The van der Waals surface area contributed by atoms with Crippen LogP contribution in [0.2, 0.25) is 0 Å². The van der Waals surface area contributed by atoms with E-state index < -0.39 is 0 Å². The van der Waals surface area contributed by atoms with Crippen LogP contribution in [0.25, 0.3) is 0 Å². The Bertz CT molecular complexity index is 788. The number of nitrogens with zero attached hydrogens (tertiary/aromatic N) is 1. The lowest BCUT2D eigenvalue weighted by molar-refractivity contribution is -0.117. The molecule has 26 heavy (non-hydrogen) atoms. The molecule has 2 amide bonds. The van der Waals surface area contributed by atoms with E-state index in [0.29, 0.717) is 23.5 Å². The summed E-state index contributed by atoms with van der Waals surface area (Å²) in [7, 11) is 0. The van der Waals surface area contributed by atoms with E-state index in [4.69, 9.17) is 4.74 Å². The predicted octanol–water partition coefficient (Wildman–Crippen LogP) is 3.15. The molecule has 6 heteroatoms. The molecule has 0 aromatic heterocycles. The van der Waals surface area contributed by atoms with Gasteiger partial charge in [-0.2, -0.15) is 0 Å². The highest BCUT2D eigenvalue weighted by atomic mass is 19.1. The quantitative estimate of drug-likeness (QED) is 0.895. The van der Waals surface area contributed by atoms with Gasteiger partial charge >= 0.3 is 0 Å². The van der Waals surface area contributed by atoms with Crippen molar-refractivity contribution < 1.29 is 18.7 Å². The van der Waals surface area contributed by atoms with E-state index in [1.165, 1.54) is 12.1 Å². The topological polar surface area (TPSA) is 58.6 Å². The zero-order chi connectivity index (χ0) is 18.7. The standard InChI is InChI=1S/C20H21FN2O3/c1-13(2)26-18-9-3-14(4-10-18)20(25)22-16-11-19(24)23(12-16)17-7-5-15(21)6-8-17/h3-10,13,16H,11-12H2,1-2H3,(H,22,25)/t16-/m0/s1. The van der Waals surface area contributed by atoms with Crippen LogP contribution in [-0.2, 0) is 4.79 Å². The SMILES string of the molecule is CC(C)Oc1ccc(C(=O)N[C@H]2CC(=O)N(c3ccc(F)cc3)C2)cc1. The maximum Gasteiger partial charge on any atom is 0.251 e. The van der Waals surface area contributed by atoms with Gasteiger partial charge in [0.05, 0.1) is 12.1 Å². The molecule has 0 spiro atoms. The summed E-state index contributed by atoms with van der Waals surface area (Å²) in [5.41, 5.74) is 1.14. The van der Waals surface area contributed by atoms with Crippen molar-refractivity contribution in [3.05, 3.63) is 59.9 Å². The van der Waals surface area contributed by atoms with Crippen molar-refractivity contribution in [1.82, 2.24) is 5.32 Å². The van der Waals surface area contributed by atoms with Crippen molar-refractivity contribution in [2.24, 2.45) is 0 Å². The number of hydrogen-bond acceptors (Lipinski definition) is 3. The molecule has 0 radical (unpaired) electrons. The molecule has 1 N–H and O–H groups in total. The van der Waals surface area contributed by atoms with E-state index in [0.717, 1.165) is 0 Å². The molecule has 1 saturated heterocycles. The number of hydrogen-bond donors (Lipinski definition) is 1. The molecule has 1 aliphatic heterocycles. The van der Waals surface area contributed by atoms with Gasteiger partial charge < -0.3 is 15.0 Å². The van der Waals surface area contributed by atoms with E-state index in [1.54, 1.807) is 41.3 Å². The third-order valence-corrected chi connectivity index (χ3v) is 4.09. The summed E-state index contributed by atoms with van der Waals surface area (Å²) >= 11 is 0. The molecule has 0 saturated carbocycles. The van der Waals surface area contributed by atoms with Crippen LogP contribution in [0, 0.1) is 5.82 Å². The second-order valence-electron chi connectivity index (χ2n) is 6.55. The first-order chi connectivity index (χ1) is 12.4. The summed E-state index contributed by atoms with van der Waals surface area (Å²) in [5, 5.41) is 2.88. The van der Waals surface area contributed by atoms with Crippen molar-refractivity contribution in [3.63, 3.8) is 0 Å². The largest absolute Gasteiger partial charge is 0.491 e. The van der Waals surface area contributed by atoms with Gasteiger partial charge in [-0.05, 0) is 62.4 Å². The minimum atomic E-state index is -0.352. The monoisotopic (exact) mass is 356 g/mol. The smallest absolute Gasteiger partial charge is 0.251 e. The molecule has 1 fully saturated rings. The summed E-state index contributed by atoms with van der Waals surface area (Å²) in [6, 6.07) is 12.4. The molecule has 1 aliphatic rings. The first kappa shape index (κ1) is 17.9. The van der Waals surface area contributed by atoms with Crippen molar-refractivity contribution in [1.29, 1.82) is 0 Å². The number of ether oxygens (including phenoxy) is 1. The Hall–Kier alpha value is -2.89. The maximum absolute atomic E-state index is 13.0. The van der Waals surface area contributed by atoms with Crippen LogP contribution in [0.1, 0.15) is 30.6 Å². The highest BCUT2D eigenvalue weighted by Gasteiger charge is 2.31. The maximum atomic E-state index is 13.0. The second kappa shape index (κ2) is 7.56. The van der Waals surface area contributed by atoms with E-state index in [2.05, 4.69) is 5.32 Å². The Morgan fingerprint density at radius 3 is 2.42 bits per heavy atom. The van der Waals surface area contributed by atoms with Crippen molar-refractivity contribution >= 4 is 17.5 Å². The number of halogens is 1. The lowest BCUT2D eigenvalue weighted by atomic mass is 10.1. The Kier molecular flexibility index (Phi) is 5.21. The summed E-state index contributed by atoms with van der Waals surface area (Å²) in [6.07, 6.45) is 0.286. The summed E-state index contributed by atoms with van der Waals surface area (Å²) < 4.78 is 18.6. The normalized spacial score (nSPS) is 16.8. The van der Waals surface area contributed by atoms with E-state index in [-0.39, 0.29) is 36.2 Å². The van der Waals surface area contributed by atoms with Gasteiger partial charge in [0.2, 0.25) is 5.91 Å². The van der Waals surface area contributed by atoms with Crippen molar-refractivity contribution in [3.8, 4) is 5.75 Å². The highest BCUT2D eigenvalue weighted by Crippen LogP contribution is 2.22. The summed E-state index contributed by atoms with van der Waals surface area (Å²) in [6.45, 7) is 4.24. The second-order valence-corrected chi connectivity index (χ2v) is 6.55. The molecular weight excluding hydrogens is 335 g/mol.